The van der Waals surface area contributed by atoms with Crippen LogP contribution in [0.4, 0.5) is 4.39 Å². The molecular weight excluding hydrogens is 335 g/mol. The molecule has 0 aliphatic carbocycles. The van der Waals surface area contributed by atoms with Crippen molar-refractivity contribution in [2.75, 3.05) is 0 Å². The molecule has 0 N–H and O–H groups in total. The number of alkyl halides is 1. The van der Waals surface area contributed by atoms with Crippen LogP contribution >= 0.6 is 0 Å². The fraction of sp³-hybridized carbons (Fsp3) is 0.250. The molecule has 0 spiro atoms. The molecule has 2 nitrogen and oxygen atoms in total. The van der Waals surface area contributed by atoms with Crippen molar-refractivity contribution >= 4 is 16.8 Å². The number of allylic oxidation sites excluding steroid dienone is 2. The highest BCUT2D eigenvalue weighted by atomic mass is 19.1. The normalized spacial score (nSPS) is 12.5. The lowest BCUT2D eigenvalue weighted by Crippen LogP contribution is -1.92. The van der Waals surface area contributed by atoms with Gasteiger partial charge in [0.05, 0.1) is 6.17 Å². The largest absolute Gasteiger partial charge is 0.248 e. The second-order valence-electron chi connectivity index (χ2n) is 6.81. The Morgan fingerprint density at radius 3 is 2.70 bits per heavy atom. The predicted octanol–water partition coefficient (Wildman–Crippen LogP) is 6.57. The molecule has 1 unspecified atom stereocenters. The zero-order chi connectivity index (χ0) is 19.1. The van der Waals surface area contributed by atoms with Gasteiger partial charge in [0.15, 0.2) is 5.82 Å². The van der Waals surface area contributed by atoms with Crippen molar-refractivity contribution in [3.05, 3.63) is 78.6 Å². The van der Waals surface area contributed by atoms with E-state index in [0.29, 0.717) is 6.42 Å². The summed E-state index contributed by atoms with van der Waals surface area (Å²) in [7, 11) is 0. The highest BCUT2D eigenvalue weighted by Gasteiger charge is 2.07. The van der Waals surface area contributed by atoms with Crippen LogP contribution in [0.15, 0.2) is 67.5 Å². The summed E-state index contributed by atoms with van der Waals surface area (Å²) >= 11 is 0. The quantitative estimate of drug-likeness (QED) is 0.335. The first kappa shape index (κ1) is 19.0. The zero-order valence-electron chi connectivity index (χ0n) is 15.7. The summed E-state index contributed by atoms with van der Waals surface area (Å²) in [6.45, 7) is 5.36. The van der Waals surface area contributed by atoms with Gasteiger partial charge in [-0.05, 0) is 60.6 Å². The van der Waals surface area contributed by atoms with E-state index in [2.05, 4.69) is 59.0 Å². The second-order valence-corrected chi connectivity index (χ2v) is 6.81. The van der Waals surface area contributed by atoms with Crippen LogP contribution in [0.2, 0.25) is 0 Å². The van der Waals surface area contributed by atoms with Gasteiger partial charge in [-0.15, -0.1) is 6.58 Å². The topological polar surface area (TPSA) is 25.8 Å². The van der Waals surface area contributed by atoms with Crippen LogP contribution in [0.3, 0.4) is 0 Å². The zero-order valence-corrected chi connectivity index (χ0v) is 15.7. The smallest absolute Gasteiger partial charge is 0.159 e. The summed E-state index contributed by atoms with van der Waals surface area (Å²) in [6.07, 6.45) is 12.3. The fourth-order valence-electron chi connectivity index (χ4n) is 3.10. The number of nitrogens with zero attached hydrogens (tertiary/aromatic N) is 2. The lowest BCUT2D eigenvalue weighted by Gasteiger charge is -2.07. The SMILES string of the molecule is C=CCc1cnc(-c2cccc3cc(/C=C/CCCC(C)F)ccc23)nc1. The first-order valence-electron chi connectivity index (χ1n) is 9.43. The molecule has 2 aromatic carbocycles. The number of rotatable bonds is 8. The molecule has 0 bridgehead atoms. The first-order chi connectivity index (χ1) is 13.2. The van der Waals surface area contributed by atoms with Gasteiger partial charge in [-0.25, -0.2) is 14.4 Å². The van der Waals surface area contributed by atoms with Crippen molar-refractivity contribution in [1.29, 1.82) is 0 Å². The number of hydrogen-bond acceptors (Lipinski definition) is 2. The van der Waals surface area contributed by atoms with E-state index in [0.717, 1.165) is 52.5 Å². The molecule has 0 amide bonds. The second kappa shape index (κ2) is 9.22. The van der Waals surface area contributed by atoms with E-state index in [1.165, 1.54) is 0 Å². The van der Waals surface area contributed by atoms with Gasteiger partial charge in [0.2, 0.25) is 0 Å². The highest BCUT2D eigenvalue weighted by Crippen LogP contribution is 2.27. The third kappa shape index (κ3) is 5.10. The van der Waals surface area contributed by atoms with Crippen molar-refractivity contribution < 1.29 is 4.39 Å². The Hall–Kier alpha value is -2.81. The molecular formula is C24H25FN2. The van der Waals surface area contributed by atoms with E-state index in [-0.39, 0.29) is 0 Å². The van der Waals surface area contributed by atoms with Crippen molar-refractivity contribution in [1.82, 2.24) is 9.97 Å². The van der Waals surface area contributed by atoms with Gasteiger partial charge in [0, 0.05) is 18.0 Å². The molecule has 1 aromatic heterocycles. The Kier molecular flexibility index (Phi) is 6.48. The molecule has 3 aromatic rings. The predicted molar refractivity (Wildman–Crippen MR) is 112 cm³/mol. The number of hydrogen-bond donors (Lipinski definition) is 0. The van der Waals surface area contributed by atoms with Crippen molar-refractivity contribution in [2.45, 2.75) is 38.8 Å². The molecule has 3 rings (SSSR count). The third-order valence-corrected chi connectivity index (χ3v) is 4.51. The Bertz CT molecular complexity index is 927. The average Bonchev–Trinajstić information content (AvgIpc) is 2.68. The summed E-state index contributed by atoms with van der Waals surface area (Å²) in [5.41, 5.74) is 3.24. The molecule has 0 aliphatic heterocycles. The van der Waals surface area contributed by atoms with Crippen molar-refractivity contribution in [3.8, 4) is 11.4 Å². The molecule has 0 fully saturated rings. The van der Waals surface area contributed by atoms with E-state index in [4.69, 9.17) is 0 Å². The Labute approximate surface area is 160 Å². The minimum absolute atomic E-state index is 0.622. The summed E-state index contributed by atoms with van der Waals surface area (Å²) in [5.74, 6) is 0.733. The molecule has 0 saturated heterocycles. The minimum atomic E-state index is -0.717. The van der Waals surface area contributed by atoms with Crippen LogP contribution in [0.25, 0.3) is 28.2 Å². The van der Waals surface area contributed by atoms with Crippen LogP contribution in [0.5, 0.6) is 0 Å². The van der Waals surface area contributed by atoms with E-state index in [1.54, 1.807) is 6.92 Å². The van der Waals surface area contributed by atoms with Gasteiger partial charge in [-0.2, -0.15) is 0 Å². The lowest BCUT2D eigenvalue weighted by atomic mass is 10.0. The maximum Gasteiger partial charge on any atom is 0.159 e. The van der Waals surface area contributed by atoms with E-state index in [9.17, 15) is 4.39 Å². The van der Waals surface area contributed by atoms with E-state index >= 15 is 0 Å². The standard InChI is InChI=1S/C24H25FN2/c1-3-8-20-16-26-24(27-17-20)23-12-7-11-21-15-19(13-14-22(21)23)10-6-4-5-9-18(2)25/h3,6-7,10-18H,1,4-5,8-9H2,2H3/b10-6+. The summed E-state index contributed by atoms with van der Waals surface area (Å²) in [6, 6.07) is 12.6. The summed E-state index contributed by atoms with van der Waals surface area (Å²) < 4.78 is 12.8. The Morgan fingerprint density at radius 2 is 1.96 bits per heavy atom. The maximum absolute atomic E-state index is 12.8. The molecule has 0 saturated carbocycles. The molecule has 3 heteroatoms. The molecule has 1 heterocycles. The molecule has 0 aliphatic rings. The van der Waals surface area contributed by atoms with Gasteiger partial charge in [-0.1, -0.05) is 48.6 Å². The Balaban J connectivity index is 1.80. The minimum Gasteiger partial charge on any atom is -0.248 e. The number of fused-ring (bicyclic) bond motifs is 1. The van der Waals surface area contributed by atoms with Crippen LogP contribution in [0.1, 0.15) is 37.3 Å². The van der Waals surface area contributed by atoms with Crippen LogP contribution < -0.4 is 0 Å². The van der Waals surface area contributed by atoms with Crippen LogP contribution in [-0.2, 0) is 6.42 Å². The number of aromatic nitrogens is 2. The number of benzene rings is 2. The number of halogens is 1. The van der Waals surface area contributed by atoms with Gasteiger partial charge in [0.25, 0.3) is 0 Å². The fourth-order valence-corrected chi connectivity index (χ4v) is 3.10. The van der Waals surface area contributed by atoms with Crippen LogP contribution in [0, 0.1) is 0 Å². The van der Waals surface area contributed by atoms with Gasteiger partial charge in [0.1, 0.15) is 0 Å². The summed E-state index contributed by atoms with van der Waals surface area (Å²) in [4.78, 5) is 9.04. The van der Waals surface area contributed by atoms with Gasteiger partial charge in [-0.3, -0.25) is 0 Å². The third-order valence-electron chi connectivity index (χ3n) is 4.51. The lowest BCUT2D eigenvalue weighted by molar-refractivity contribution is 0.335. The molecule has 138 valence electrons. The number of unbranched alkanes of at least 4 members (excludes halogenated alkanes) is 1. The van der Waals surface area contributed by atoms with E-state index < -0.39 is 6.17 Å². The molecule has 27 heavy (non-hydrogen) atoms. The van der Waals surface area contributed by atoms with Crippen molar-refractivity contribution in [3.63, 3.8) is 0 Å². The Morgan fingerprint density at radius 1 is 1.15 bits per heavy atom. The van der Waals surface area contributed by atoms with Crippen molar-refractivity contribution in [2.24, 2.45) is 0 Å². The average molecular weight is 360 g/mol. The maximum atomic E-state index is 12.8. The first-order valence-corrected chi connectivity index (χ1v) is 9.43. The molecule has 0 radical (unpaired) electrons. The summed E-state index contributed by atoms with van der Waals surface area (Å²) in [5, 5.41) is 2.29. The van der Waals surface area contributed by atoms with Gasteiger partial charge < -0.3 is 0 Å². The highest BCUT2D eigenvalue weighted by molar-refractivity contribution is 5.96. The van der Waals surface area contributed by atoms with Crippen LogP contribution in [-0.4, -0.2) is 16.1 Å². The monoisotopic (exact) mass is 360 g/mol. The molecule has 1 atom stereocenters. The van der Waals surface area contributed by atoms with E-state index in [1.807, 2.05) is 24.5 Å². The van der Waals surface area contributed by atoms with Gasteiger partial charge >= 0.3 is 0 Å².